The molecule has 0 spiro atoms. The van der Waals surface area contributed by atoms with Gasteiger partial charge in [0.05, 0.1) is 19.3 Å². The number of carbonyl (C=O) groups excluding carboxylic acids is 3. The minimum absolute atomic E-state index is 0.00187. The highest BCUT2D eigenvalue weighted by Gasteiger charge is 2.31. The number of amides is 1. The standard InChI is InChI=1S/C31H42N2O11/c1-5-16-32-31(36)39-20-30-28(42-24-8-6-23(37-4)7-9-24)13-11-26(44-30)15-18-40-33-17-14-25-10-12-27(41-22(3)35)29(43-25)19-38-21(2)34/h6-13,17,25-30H,5,14-16,18-20H2,1-4H3,(H,32,36)/t25-,26-,27-,28+,29+,30+/m0/s1. The van der Waals surface area contributed by atoms with Gasteiger partial charge in [0, 0.05) is 39.4 Å². The van der Waals surface area contributed by atoms with Gasteiger partial charge in [0.25, 0.3) is 0 Å². The van der Waals surface area contributed by atoms with Crippen molar-refractivity contribution in [3.8, 4) is 11.5 Å². The third-order valence-electron chi connectivity index (χ3n) is 6.43. The second kappa shape index (κ2) is 18.5. The minimum Gasteiger partial charge on any atom is -0.497 e. The summed E-state index contributed by atoms with van der Waals surface area (Å²) in [5.41, 5.74) is 0. The first-order chi connectivity index (χ1) is 21.3. The van der Waals surface area contributed by atoms with Crippen LogP contribution in [-0.4, -0.2) is 94.3 Å². The van der Waals surface area contributed by atoms with E-state index >= 15 is 0 Å². The molecule has 0 unspecified atom stereocenters. The summed E-state index contributed by atoms with van der Waals surface area (Å²) in [6.07, 6.45) is 7.02. The summed E-state index contributed by atoms with van der Waals surface area (Å²) in [5, 5.41) is 6.69. The number of nitrogens with one attached hydrogen (secondary N) is 1. The SMILES string of the molecule is CCCNC(=O)OC[C@H]1O[C@H](CCON=CC[C@@H]2C=C[C@H](OC(C)=O)[C@@H](COC(C)=O)O2)C=C[C@H]1Oc1ccc(OC)cc1. The van der Waals surface area contributed by atoms with E-state index in [1.165, 1.54) is 13.8 Å². The van der Waals surface area contributed by atoms with Crippen LogP contribution < -0.4 is 14.8 Å². The molecule has 0 aliphatic carbocycles. The number of benzene rings is 1. The third kappa shape index (κ3) is 12.3. The van der Waals surface area contributed by atoms with Gasteiger partial charge in [0.1, 0.15) is 55.7 Å². The Morgan fingerprint density at radius 2 is 1.55 bits per heavy atom. The second-order valence-corrected chi connectivity index (χ2v) is 10.0. The summed E-state index contributed by atoms with van der Waals surface area (Å²) in [6.45, 7) is 5.30. The fourth-order valence-corrected chi connectivity index (χ4v) is 4.27. The Labute approximate surface area is 257 Å². The summed E-state index contributed by atoms with van der Waals surface area (Å²) < 4.78 is 39.1. The minimum atomic E-state index is -0.652. The van der Waals surface area contributed by atoms with E-state index in [1.54, 1.807) is 49.7 Å². The molecule has 1 amide bonds. The average Bonchev–Trinajstić information content (AvgIpc) is 3.01. The molecular formula is C31H42N2O11. The first-order valence-corrected chi connectivity index (χ1v) is 14.6. The van der Waals surface area contributed by atoms with Crippen molar-refractivity contribution in [3.63, 3.8) is 0 Å². The number of esters is 2. The molecule has 0 fully saturated rings. The molecule has 13 nitrogen and oxygen atoms in total. The van der Waals surface area contributed by atoms with Gasteiger partial charge in [-0.2, -0.15) is 0 Å². The van der Waals surface area contributed by atoms with Gasteiger partial charge in [-0.25, -0.2) is 4.79 Å². The number of carbonyl (C=O) groups is 3. The van der Waals surface area contributed by atoms with Crippen molar-refractivity contribution in [3.05, 3.63) is 48.6 Å². The molecule has 44 heavy (non-hydrogen) atoms. The van der Waals surface area contributed by atoms with Gasteiger partial charge in [0.2, 0.25) is 0 Å². The molecule has 0 bridgehead atoms. The smallest absolute Gasteiger partial charge is 0.407 e. The van der Waals surface area contributed by atoms with Gasteiger partial charge in [-0.15, -0.1) is 0 Å². The number of oxime groups is 1. The predicted octanol–water partition coefficient (Wildman–Crippen LogP) is 3.50. The number of methoxy groups -OCH3 is 1. The molecule has 1 aromatic carbocycles. The summed E-state index contributed by atoms with van der Waals surface area (Å²) in [7, 11) is 1.59. The van der Waals surface area contributed by atoms with Crippen LogP contribution in [0.15, 0.2) is 53.7 Å². The van der Waals surface area contributed by atoms with Crippen LogP contribution in [0, 0.1) is 0 Å². The first kappa shape index (κ1) is 34.4. The zero-order valence-electron chi connectivity index (χ0n) is 25.5. The molecule has 2 aliphatic rings. The zero-order chi connectivity index (χ0) is 31.7. The van der Waals surface area contributed by atoms with E-state index in [0.717, 1.165) is 6.42 Å². The third-order valence-corrected chi connectivity index (χ3v) is 6.43. The van der Waals surface area contributed by atoms with Crippen LogP contribution in [-0.2, 0) is 38.1 Å². The molecule has 0 saturated heterocycles. The molecule has 2 aliphatic heterocycles. The van der Waals surface area contributed by atoms with Crippen molar-refractivity contribution in [2.45, 2.75) is 76.7 Å². The van der Waals surface area contributed by atoms with Crippen LogP contribution in [0.1, 0.15) is 40.0 Å². The number of rotatable bonds is 16. The van der Waals surface area contributed by atoms with Crippen LogP contribution >= 0.6 is 0 Å². The second-order valence-electron chi connectivity index (χ2n) is 10.0. The number of hydrogen-bond acceptors (Lipinski definition) is 12. The van der Waals surface area contributed by atoms with Crippen molar-refractivity contribution in [1.29, 1.82) is 0 Å². The highest BCUT2D eigenvalue weighted by atomic mass is 16.6. The van der Waals surface area contributed by atoms with Crippen molar-refractivity contribution >= 4 is 24.2 Å². The fourth-order valence-electron chi connectivity index (χ4n) is 4.27. The summed E-state index contributed by atoms with van der Waals surface area (Å²) in [6, 6.07) is 7.18. The molecule has 242 valence electrons. The van der Waals surface area contributed by atoms with E-state index < -0.39 is 42.4 Å². The summed E-state index contributed by atoms with van der Waals surface area (Å²) in [4.78, 5) is 40.1. The van der Waals surface area contributed by atoms with E-state index in [4.69, 9.17) is 38.0 Å². The molecule has 2 heterocycles. The molecular weight excluding hydrogens is 576 g/mol. The molecule has 6 atom stereocenters. The Morgan fingerprint density at radius 1 is 0.886 bits per heavy atom. The molecule has 0 radical (unpaired) electrons. The first-order valence-electron chi connectivity index (χ1n) is 14.6. The lowest BCUT2D eigenvalue weighted by atomic mass is 10.1. The van der Waals surface area contributed by atoms with Crippen LogP contribution in [0.3, 0.4) is 0 Å². The maximum absolute atomic E-state index is 12.0. The molecule has 0 aromatic heterocycles. The molecule has 3 rings (SSSR count). The van der Waals surface area contributed by atoms with Crippen LogP contribution in [0.4, 0.5) is 4.79 Å². The monoisotopic (exact) mass is 618 g/mol. The summed E-state index contributed by atoms with van der Waals surface area (Å²) >= 11 is 0. The zero-order valence-corrected chi connectivity index (χ0v) is 25.5. The van der Waals surface area contributed by atoms with Crippen LogP contribution in [0.25, 0.3) is 0 Å². The highest BCUT2D eigenvalue weighted by Crippen LogP contribution is 2.24. The van der Waals surface area contributed by atoms with E-state index in [1.807, 2.05) is 19.1 Å². The largest absolute Gasteiger partial charge is 0.497 e. The van der Waals surface area contributed by atoms with Gasteiger partial charge in [-0.1, -0.05) is 24.2 Å². The van der Waals surface area contributed by atoms with Crippen LogP contribution in [0.2, 0.25) is 0 Å². The van der Waals surface area contributed by atoms with E-state index in [2.05, 4.69) is 10.5 Å². The van der Waals surface area contributed by atoms with Gasteiger partial charge in [0.15, 0.2) is 0 Å². The molecule has 1 N–H and O–H groups in total. The Morgan fingerprint density at radius 3 is 2.25 bits per heavy atom. The fraction of sp³-hybridized carbons (Fsp3) is 0.548. The van der Waals surface area contributed by atoms with Crippen molar-refractivity contribution in [1.82, 2.24) is 5.32 Å². The maximum atomic E-state index is 12.0. The Kier molecular flexibility index (Phi) is 14.5. The van der Waals surface area contributed by atoms with Crippen LogP contribution in [0.5, 0.6) is 11.5 Å². The number of nitrogens with zero attached hydrogens (tertiary/aromatic N) is 1. The van der Waals surface area contributed by atoms with Gasteiger partial charge in [-0.3, -0.25) is 9.59 Å². The lowest BCUT2D eigenvalue weighted by Gasteiger charge is -2.32. The van der Waals surface area contributed by atoms with Crippen molar-refractivity contribution in [2.75, 3.05) is 33.5 Å². The molecule has 13 heteroatoms. The molecule has 1 aromatic rings. The Hall–Kier alpha value is -4.10. The predicted molar refractivity (Wildman–Crippen MR) is 159 cm³/mol. The van der Waals surface area contributed by atoms with Gasteiger partial charge in [-0.05, 0) is 42.8 Å². The van der Waals surface area contributed by atoms with Gasteiger partial charge >= 0.3 is 18.0 Å². The van der Waals surface area contributed by atoms with E-state index in [0.29, 0.717) is 30.9 Å². The topological polar surface area (TPSA) is 149 Å². The summed E-state index contributed by atoms with van der Waals surface area (Å²) in [5.74, 6) is 0.418. The van der Waals surface area contributed by atoms with Crippen molar-refractivity contribution < 1.29 is 52.4 Å². The highest BCUT2D eigenvalue weighted by molar-refractivity contribution is 5.67. The Bertz CT molecular complexity index is 1140. The number of ether oxygens (including phenoxy) is 7. The lowest BCUT2D eigenvalue weighted by molar-refractivity contribution is -0.163. The maximum Gasteiger partial charge on any atom is 0.407 e. The lowest BCUT2D eigenvalue weighted by Crippen LogP contribution is -2.43. The van der Waals surface area contributed by atoms with Crippen molar-refractivity contribution in [2.24, 2.45) is 5.16 Å². The number of hydrogen-bond donors (Lipinski definition) is 1. The number of alkyl carbamates (subject to hydrolysis) is 1. The normalized spacial score (nSPS) is 24.4. The Balaban J connectivity index is 1.48. The average molecular weight is 619 g/mol. The quantitative estimate of drug-likeness (QED) is 0.0724. The van der Waals surface area contributed by atoms with E-state index in [-0.39, 0.29) is 32.0 Å². The van der Waals surface area contributed by atoms with Gasteiger partial charge < -0.3 is 43.3 Å². The van der Waals surface area contributed by atoms with E-state index in [9.17, 15) is 14.4 Å². The molecule has 0 saturated carbocycles.